The number of hydrogen-bond donors (Lipinski definition) is 3. The van der Waals surface area contributed by atoms with E-state index < -0.39 is 0 Å². The molecule has 6 nitrogen and oxygen atoms in total. The molecule has 2 rings (SSSR count). The zero-order valence-electron chi connectivity index (χ0n) is 10.1. The Hall–Kier alpha value is -1.40. The first-order valence-corrected chi connectivity index (χ1v) is 6.06. The number of hydrogen-bond acceptors (Lipinski definition) is 4. The van der Waals surface area contributed by atoms with Crippen LogP contribution in [0.5, 0.6) is 0 Å². The molecule has 0 atom stereocenters. The largest absolute Gasteiger partial charge is 0.312 e. The van der Waals surface area contributed by atoms with Gasteiger partial charge >= 0.3 is 0 Å². The summed E-state index contributed by atoms with van der Waals surface area (Å²) in [6.45, 7) is 5.11. The van der Waals surface area contributed by atoms with Crippen LogP contribution in [0.3, 0.4) is 0 Å². The van der Waals surface area contributed by atoms with E-state index in [2.05, 4.69) is 28.0 Å². The van der Waals surface area contributed by atoms with Crippen LogP contribution in [0.25, 0.3) is 0 Å². The van der Waals surface area contributed by atoms with Crippen LogP contribution < -0.4 is 16.0 Å². The van der Waals surface area contributed by atoms with Crippen LogP contribution in [-0.4, -0.2) is 41.9 Å². The van der Waals surface area contributed by atoms with Gasteiger partial charge in [0, 0.05) is 19.2 Å². The number of amides is 1. The maximum atomic E-state index is 11.6. The minimum absolute atomic E-state index is 0.0208. The van der Waals surface area contributed by atoms with Crippen molar-refractivity contribution in [1.29, 1.82) is 0 Å². The average molecular weight is 237 g/mol. The van der Waals surface area contributed by atoms with Crippen molar-refractivity contribution in [3.8, 4) is 0 Å². The van der Waals surface area contributed by atoms with Gasteiger partial charge in [-0.1, -0.05) is 6.92 Å². The first kappa shape index (κ1) is 12.1. The van der Waals surface area contributed by atoms with Gasteiger partial charge in [-0.15, -0.1) is 0 Å². The highest BCUT2D eigenvalue weighted by Crippen LogP contribution is 2.16. The molecule has 1 aliphatic rings. The highest BCUT2D eigenvalue weighted by atomic mass is 16.2. The van der Waals surface area contributed by atoms with Crippen molar-refractivity contribution in [2.24, 2.45) is 0 Å². The number of anilines is 1. The fraction of sp³-hybridized carbons (Fsp3) is 0.636. The standard InChI is InChI=1S/C11H19N5O/c1-2-4-12-8-11(17)15-10-3-5-14-16(10)9-6-13-7-9/h3,5,9,12-13H,2,4,6-8H2,1H3,(H,15,17). The molecular formula is C11H19N5O. The lowest BCUT2D eigenvalue weighted by Gasteiger charge is -2.28. The maximum absolute atomic E-state index is 11.6. The summed E-state index contributed by atoms with van der Waals surface area (Å²) >= 11 is 0. The van der Waals surface area contributed by atoms with Gasteiger partial charge in [0.05, 0.1) is 18.8 Å². The number of nitrogens with zero attached hydrogens (tertiary/aromatic N) is 2. The molecule has 6 heteroatoms. The minimum Gasteiger partial charge on any atom is -0.312 e. The van der Waals surface area contributed by atoms with Crippen molar-refractivity contribution >= 4 is 11.7 Å². The van der Waals surface area contributed by atoms with Crippen LogP contribution in [0, 0.1) is 0 Å². The van der Waals surface area contributed by atoms with Crippen molar-refractivity contribution in [3.63, 3.8) is 0 Å². The van der Waals surface area contributed by atoms with E-state index in [-0.39, 0.29) is 5.91 Å². The van der Waals surface area contributed by atoms with Gasteiger partial charge in [-0.25, -0.2) is 4.68 Å². The number of aromatic nitrogens is 2. The molecule has 0 radical (unpaired) electrons. The molecule has 17 heavy (non-hydrogen) atoms. The van der Waals surface area contributed by atoms with Gasteiger partial charge < -0.3 is 16.0 Å². The molecule has 1 saturated heterocycles. The third kappa shape index (κ3) is 3.04. The van der Waals surface area contributed by atoms with E-state index >= 15 is 0 Å². The van der Waals surface area contributed by atoms with Crippen LogP contribution in [0.15, 0.2) is 12.3 Å². The van der Waals surface area contributed by atoms with E-state index in [1.54, 1.807) is 6.20 Å². The first-order chi connectivity index (χ1) is 8.31. The molecule has 1 aromatic rings. The third-order valence-electron chi connectivity index (χ3n) is 2.76. The number of carbonyl (C=O) groups is 1. The second-order valence-corrected chi connectivity index (χ2v) is 4.20. The molecular weight excluding hydrogens is 218 g/mol. The maximum Gasteiger partial charge on any atom is 0.239 e. The summed E-state index contributed by atoms with van der Waals surface area (Å²) in [5.41, 5.74) is 0. The molecule has 0 aliphatic carbocycles. The zero-order chi connectivity index (χ0) is 12.1. The summed E-state index contributed by atoms with van der Waals surface area (Å²) < 4.78 is 1.87. The minimum atomic E-state index is -0.0208. The molecule has 1 fully saturated rings. The number of rotatable bonds is 6. The molecule has 1 amide bonds. The molecule has 0 unspecified atom stereocenters. The second-order valence-electron chi connectivity index (χ2n) is 4.20. The third-order valence-corrected chi connectivity index (χ3v) is 2.76. The number of nitrogens with one attached hydrogen (secondary N) is 3. The van der Waals surface area contributed by atoms with Crippen molar-refractivity contribution < 1.29 is 4.79 Å². The van der Waals surface area contributed by atoms with Crippen LogP contribution in [0.2, 0.25) is 0 Å². The van der Waals surface area contributed by atoms with Crippen LogP contribution in [0.1, 0.15) is 19.4 Å². The summed E-state index contributed by atoms with van der Waals surface area (Å²) in [6.07, 6.45) is 2.74. The Morgan fingerprint density at radius 1 is 1.65 bits per heavy atom. The first-order valence-electron chi connectivity index (χ1n) is 6.06. The van der Waals surface area contributed by atoms with Gasteiger partial charge in [-0.2, -0.15) is 5.10 Å². The van der Waals surface area contributed by atoms with Crippen LogP contribution in [-0.2, 0) is 4.79 Å². The lowest BCUT2D eigenvalue weighted by Crippen LogP contribution is -2.44. The van der Waals surface area contributed by atoms with E-state index in [0.717, 1.165) is 31.9 Å². The molecule has 3 N–H and O–H groups in total. The summed E-state index contributed by atoms with van der Waals surface area (Å²) in [5.74, 6) is 0.757. The Morgan fingerprint density at radius 2 is 2.47 bits per heavy atom. The highest BCUT2D eigenvalue weighted by molar-refractivity contribution is 5.91. The monoisotopic (exact) mass is 237 g/mol. The van der Waals surface area contributed by atoms with Crippen molar-refractivity contribution in [3.05, 3.63) is 12.3 Å². The Kier molecular flexibility index (Phi) is 4.11. The molecule has 2 heterocycles. The van der Waals surface area contributed by atoms with Crippen molar-refractivity contribution in [1.82, 2.24) is 20.4 Å². The molecule has 1 aromatic heterocycles. The highest BCUT2D eigenvalue weighted by Gasteiger charge is 2.21. The Morgan fingerprint density at radius 3 is 3.12 bits per heavy atom. The Bertz CT molecular complexity index is 372. The van der Waals surface area contributed by atoms with Crippen LogP contribution >= 0.6 is 0 Å². The second kappa shape index (κ2) is 5.79. The predicted octanol–water partition coefficient (Wildman–Crippen LogP) is -0.0345. The van der Waals surface area contributed by atoms with Crippen molar-refractivity contribution in [2.45, 2.75) is 19.4 Å². The normalized spacial score (nSPS) is 15.6. The summed E-state index contributed by atoms with van der Waals surface area (Å²) in [5, 5.41) is 13.4. The molecule has 0 aromatic carbocycles. The zero-order valence-corrected chi connectivity index (χ0v) is 10.1. The Balaban J connectivity index is 1.85. The fourth-order valence-electron chi connectivity index (χ4n) is 1.72. The molecule has 94 valence electrons. The molecule has 0 spiro atoms. The summed E-state index contributed by atoms with van der Waals surface area (Å²) in [4.78, 5) is 11.6. The van der Waals surface area contributed by atoms with Gasteiger partial charge in [-0.05, 0) is 13.0 Å². The van der Waals surface area contributed by atoms with E-state index in [1.165, 1.54) is 0 Å². The van der Waals surface area contributed by atoms with Gasteiger partial charge in [0.15, 0.2) is 0 Å². The van der Waals surface area contributed by atoms with Crippen molar-refractivity contribution in [2.75, 3.05) is 31.5 Å². The summed E-state index contributed by atoms with van der Waals surface area (Å²) in [6, 6.07) is 2.19. The predicted molar refractivity (Wildman–Crippen MR) is 65.9 cm³/mol. The Labute approximate surface area is 101 Å². The van der Waals surface area contributed by atoms with E-state index in [0.29, 0.717) is 12.6 Å². The molecule has 1 aliphatic heterocycles. The lowest BCUT2D eigenvalue weighted by atomic mass is 10.2. The van der Waals surface area contributed by atoms with E-state index in [4.69, 9.17) is 0 Å². The topological polar surface area (TPSA) is 71.0 Å². The van der Waals surface area contributed by atoms with E-state index in [9.17, 15) is 4.79 Å². The fourth-order valence-corrected chi connectivity index (χ4v) is 1.72. The average Bonchev–Trinajstić information content (AvgIpc) is 2.64. The van der Waals surface area contributed by atoms with Gasteiger partial charge in [0.2, 0.25) is 5.91 Å². The quantitative estimate of drug-likeness (QED) is 0.607. The van der Waals surface area contributed by atoms with Gasteiger partial charge in [-0.3, -0.25) is 4.79 Å². The van der Waals surface area contributed by atoms with Gasteiger partial charge in [0.1, 0.15) is 5.82 Å². The summed E-state index contributed by atoms with van der Waals surface area (Å²) in [7, 11) is 0. The number of carbonyl (C=O) groups excluding carboxylic acids is 1. The SMILES string of the molecule is CCCNCC(=O)Nc1ccnn1C1CNC1. The molecule has 0 bridgehead atoms. The smallest absolute Gasteiger partial charge is 0.239 e. The van der Waals surface area contributed by atoms with Crippen LogP contribution in [0.4, 0.5) is 5.82 Å². The molecule has 0 saturated carbocycles. The lowest BCUT2D eigenvalue weighted by molar-refractivity contribution is -0.115. The van der Waals surface area contributed by atoms with Gasteiger partial charge in [0.25, 0.3) is 0 Å². The van der Waals surface area contributed by atoms with E-state index in [1.807, 2.05) is 10.7 Å².